The highest BCUT2D eigenvalue weighted by Crippen LogP contribution is 2.22. The number of piperidine rings is 1. The quantitative estimate of drug-likeness (QED) is 0.915. The molecular weight excluding hydrogens is 308 g/mol. The third-order valence-corrected chi connectivity index (χ3v) is 5.11. The van der Waals surface area contributed by atoms with Crippen LogP contribution in [0.4, 0.5) is 5.13 Å². The second-order valence-electron chi connectivity index (χ2n) is 5.85. The van der Waals surface area contributed by atoms with Gasteiger partial charge in [0.1, 0.15) is 0 Å². The van der Waals surface area contributed by atoms with Crippen molar-refractivity contribution in [1.29, 1.82) is 0 Å². The molecule has 0 aliphatic carbocycles. The Morgan fingerprint density at radius 3 is 2.76 bits per heavy atom. The van der Waals surface area contributed by atoms with E-state index in [1.54, 1.807) is 11.3 Å². The molecule has 2 aliphatic rings. The fraction of sp³-hybridized carbons (Fsp3) is 0.786. The fourth-order valence-electron chi connectivity index (χ4n) is 3.24. The first kappa shape index (κ1) is 17.0. The van der Waals surface area contributed by atoms with E-state index in [4.69, 9.17) is 10.5 Å². The maximum atomic E-state index is 5.69. The van der Waals surface area contributed by atoms with Crippen molar-refractivity contribution in [2.45, 2.75) is 38.5 Å². The number of nitrogens with zero attached hydrogens (tertiary/aromatic N) is 3. The SMILES string of the molecule is CC1CN(C2CCN(Cc3cnc(N)s3)CC2)CCO1.Cl. The molecule has 3 rings (SSSR count). The summed E-state index contributed by atoms with van der Waals surface area (Å²) < 4.78 is 5.63. The van der Waals surface area contributed by atoms with Crippen molar-refractivity contribution in [3.8, 4) is 0 Å². The molecule has 1 aromatic heterocycles. The van der Waals surface area contributed by atoms with Gasteiger partial charge in [-0.25, -0.2) is 4.98 Å². The molecule has 2 saturated heterocycles. The summed E-state index contributed by atoms with van der Waals surface area (Å²) in [6.07, 6.45) is 4.83. The average Bonchev–Trinajstić information content (AvgIpc) is 2.85. The Hall–Kier alpha value is -0.400. The minimum atomic E-state index is 0. The average molecular weight is 333 g/mol. The summed E-state index contributed by atoms with van der Waals surface area (Å²) >= 11 is 1.61. The molecule has 2 fully saturated rings. The van der Waals surface area contributed by atoms with E-state index in [1.807, 2.05) is 6.20 Å². The van der Waals surface area contributed by atoms with Gasteiger partial charge in [0.05, 0.1) is 12.7 Å². The minimum absolute atomic E-state index is 0. The van der Waals surface area contributed by atoms with E-state index in [2.05, 4.69) is 21.7 Å². The van der Waals surface area contributed by atoms with Gasteiger partial charge >= 0.3 is 0 Å². The first-order chi connectivity index (χ1) is 9.70. The third kappa shape index (κ3) is 4.53. The third-order valence-electron chi connectivity index (χ3n) is 4.30. The zero-order valence-corrected chi connectivity index (χ0v) is 14.2. The minimum Gasteiger partial charge on any atom is -0.376 e. The molecular formula is C14H25ClN4OS. The lowest BCUT2D eigenvalue weighted by molar-refractivity contribution is -0.0437. The Kier molecular flexibility index (Phi) is 6.25. The molecule has 2 N–H and O–H groups in total. The van der Waals surface area contributed by atoms with Crippen molar-refractivity contribution in [2.24, 2.45) is 0 Å². The Balaban J connectivity index is 0.00000161. The van der Waals surface area contributed by atoms with Gasteiger partial charge in [-0.3, -0.25) is 9.80 Å². The van der Waals surface area contributed by atoms with Gasteiger partial charge in [-0.15, -0.1) is 23.7 Å². The van der Waals surface area contributed by atoms with Crippen LogP contribution in [0.25, 0.3) is 0 Å². The standard InChI is InChI=1S/C14H24N4OS.ClH/c1-11-9-18(6-7-19-11)12-2-4-17(5-3-12)10-13-8-16-14(15)20-13;/h8,11-12H,2-7,9-10H2,1H3,(H2,15,16);1H. The van der Waals surface area contributed by atoms with Crippen molar-refractivity contribution < 1.29 is 4.74 Å². The maximum Gasteiger partial charge on any atom is 0.180 e. The molecule has 21 heavy (non-hydrogen) atoms. The van der Waals surface area contributed by atoms with Crippen LogP contribution >= 0.6 is 23.7 Å². The van der Waals surface area contributed by atoms with Crippen LogP contribution in [-0.4, -0.2) is 59.7 Å². The van der Waals surface area contributed by atoms with Gasteiger partial charge in [-0.2, -0.15) is 0 Å². The molecule has 0 bridgehead atoms. The van der Waals surface area contributed by atoms with Crippen LogP contribution < -0.4 is 5.73 Å². The van der Waals surface area contributed by atoms with Crippen molar-refractivity contribution >= 4 is 28.9 Å². The number of nitrogen functional groups attached to an aromatic ring is 1. The van der Waals surface area contributed by atoms with E-state index in [0.29, 0.717) is 11.2 Å². The van der Waals surface area contributed by atoms with Gasteiger partial charge in [0.25, 0.3) is 0 Å². The van der Waals surface area contributed by atoms with E-state index in [-0.39, 0.29) is 12.4 Å². The van der Waals surface area contributed by atoms with E-state index >= 15 is 0 Å². The van der Waals surface area contributed by atoms with E-state index in [0.717, 1.165) is 32.3 Å². The number of morpholine rings is 1. The van der Waals surface area contributed by atoms with Gasteiger partial charge in [0.15, 0.2) is 5.13 Å². The lowest BCUT2D eigenvalue weighted by atomic mass is 10.0. The summed E-state index contributed by atoms with van der Waals surface area (Å²) in [4.78, 5) is 10.5. The molecule has 0 saturated carbocycles. The van der Waals surface area contributed by atoms with Gasteiger partial charge in [0, 0.05) is 49.8 Å². The Morgan fingerprint density at radius 2 is 2.14 bits per heavy atom. The highest BCUT2D eigenvalue weighted by molar-refractivity contribution is 7.15. The van der Waals surface area contributed by atoms with Crippen molar-refractivity contribution in [2.75, 3.05) is 38.5 Å². The summed E-state index contributed by atoms with van der Waals surface area (Å²) in [6.45, 7) is 8.61. The predicted octanol–water partition coefficient (Wildman–Crippen LogP) is 1.83. The molecule has 1 aromatic rings. The van der Waals surface area contributed by atoms with Crippen molar-refractivity contribution in [1.82, 2.24) is 14.8 Å². The normalized spacial score (nSPS) is 25.7. The molecule has 7 heteroatoms. The van der Waals surface area contributed by atoms with Gasteiger partial charge in [-0.1, -0.05) is 0 Å². The number of likely N-dealkylation sites (tertiary alicyclic amines) is 1. The molecule has 0 radical (unpaired) electrons. The summed E-state index contributed by atoms with van der Waals surface area (Å²) in [5.74, 6) is 0. The first-order valence-electron chi connectivity index (χ1n) is 7.49. The summed E-state index contributed by atoms with van der Waals surface area (Å²) in [6, 6.07) is 0.740. The van der Waals surface area contributed by atoms with Crippen molar-refractivity contribution in [3.05, 3.63) is 11.1 Å². The van der Waals surface area contributed by atoms with E-state index < -0.39 is 0 Å². The number of nitrogens with two attached hydrogens (primary N) is 1. The molecule has 1 atom stereocenters. The van der Waals surface area contributed by atoms with Crippen LogP contribution in [0.1, 0.15) is 24.6 Å². The second kappa shape index (κ2) is 7.74. The largest absolute Gasteiger partial charge is 0.376 e. The fourth-order valence-corrected chi connectivity index (χ4v) is 3.96. The Morgan fingerprint density at radius 1 is 1.38 bits per heavy atom. The molecule has 0 aromatic carbocycles. The molecule has 0 spiro atoms. The number of ether oxygens (including phenoxy) is 1. The summed E-state index contributed by atoms with van der Waals surface area (Å²) in [5, 5.41) is 0.678. The topological polar surface area (TPSA) is 54.6 Å². The molecule has 0 amide bonds. The van der Waals surface area contributed by atoms with Gasteiger partial charge < -0.3 is 10.5 Å². The van der Waals surface area contributed by atoms with Crippen LogP contribution in [0.3, 0.4) is 0 Å². The highest BCUT2D eigenvalue weighted by atomic mass is 35.5. The number of hydrogen-bond acceptors (Lipinski definition) is 6. The molecule has 5 nitrogen and oxygen atoms in total. The zero-order valence-electron chi connectivity index (χ0n) is 12.5. The number of rotatable bonds is 3. The summed E-state index contributed by atoms with van der Waals surface area (Å²) in [7, 11) is 0. The van der Waals surface area contributed by atoms with Crippen LogP contribution in [0, 0.1) is 0 Å². The van der Waals surface area contributed by atoms with Crippen molar-refractivity contribution in [3.63, 3.8) is 0 Å². The predicted molar refractivity (Wildman–Crippen MR) is 89.1 cm³/mol. The number of anilines is 1. The number of aromatic nitrogens is 1. The molecule has 3 heterocycles. The number of hydrogen-bond donors (Lipinski definition) is 1. The summed E-state index contributed by atoms with van der Waals surface area (Å²) in [5.41, 5.74) is 5.69. The highest BCUT2D eigenvalue weighted by Gasteiger charge is 2.27. The second-order valence-corrected chi connectivity index (χ2v) is 7.00. The first-order valence-corrected chi connectivity index (χ1v) is 8.30. The van der Waals surface area contributed by atoms with Crippen LogP contribution in [0.2, 0.25) is 0 Å². The molecule has 1 unspecified atom stereocenters. The Labute approximate surface area is 136 Å². The van der Waals surface area contributed by atoms with E-state index in [9.17, 15) is 0 Å². The van der Waals surface area contributed by atoms with Gasteiger partial charge in [0.2, 0.25) is 0 Å². The smallest absolute Gasteiger partial charge is 0.180 e. The lowest BCUT2D eigenvalue weighted by Crippen LogP contribution is -2.50. The molecule has 120 valence electrons. The van der Waals surface area contributed by atoms with Gasteiger partial charge in [-0.05, 0) is 19.8 Å². The molecule has 2 aliphatic heterocycles. The zero-order chi connectivity index (χ0) is 13.9. The number of thiazole rings is 1. The van der Waals surface area contributed by atoms with Crippen LogP contribution in [0.5, 0.6) is 0 Å². The maximum absolute atomic E-state index is 5.69. The van der Waals surface area contributed by atoms with E-state index in [1.165, 1.54) is 30.8 Å². The lowest BCUT2D eigenvalue weighted by Gasteiger charge is -2.41. The van der Waals surface area contributed by atoms with Crippen LogP contribution in [-0.2, 0) is 11.3 Å². The number of halogens is 1. The monoisotopic (exact) mass is 332 g/mol. The Bertz CT molecular complexity index is 436. The van der Waals surface area contributed by atoms with Crippen LogP contribution in [0.15, 0.2) is 6.20 Å².